The molecule has 2 aromatic heterocycles. The maximum atomic E-state index is 12.7. The number of aromatic amines is 1. The molecule has 1 aliphatic heterocycles. The average molecular weight is 515 g/mol. The van der Waals surface area contributed by atoms with Crippen molar-refractivity contribution in [3.05, 3.63) is 88.7 Å². The van der Waals surface area contributed by atoms with Crippen molar-refractivity contribution in [2.24, 2.45) is 0 Å². The molecule has 0 aliphatic carbocycles. The van der Waals surface area contributed by atoms with Crippen LogP contribution in [0.1, 0.15) is 16.1 Å². The van der Waals surface area contributed by atoms with E-state index >= 15 is 0 Å². The fraction of sp³-hybridized carbons (Fsp3) is 0.214. The van der Waals surface area contributed by atoms with Crippen LogP contribution in [0.25, 0.3) is 22.5 Å². The Morgan fingerprint density at radius 1 is 1.00 bits per heavy atom. The number of aromatic hydroxyl groups is 1. The molecule has 4 aromatic rings. The first-order valence-corrected chi connectivity index (χ1v) is 12.1. The van der Waals surface area contributed by atoms with Gasteiger partial charge in [-0.05, 0) is 66.6 Å². The number of nitrogens with zero attached hydrogens (tertiary/aromatic N) is 3. The maximum Gasteiger partial charge on any atom is 0.345 e. The van der Waals surface area contributed by atoms with Crippen LogP contribution in [0, 0.1) is 6.92 Å². The van der Waals surface area contributed by atoms with Crippen molar-refractivity contribution in [1.29, 1.82) is 0 Å². The van der Waals surface area contributed by atoms with Gasteiger partial charge in [0.2, 0.25) is 0 Å². The van der Waals surface area contributed by atoms with Gasteiger partial charge in [0.25, 0.3) is 11.8 Å². The van der Waals surface area contributed by atoms with Crippen LogP contribution in [0.5, 0.6) is 11.5 Å². The Hall–Kier alpha value is -4.86. The summed E-state index contributed by atoms with van der Waals surface area (Å²) in [7, 11) is 0. The fourth-order valence-corrected chi connectivity index (χ4v) is 4.28. The normalized spacial score (nSPS) is 13.4. The summed E-state index contributed by atoms with van der Waals surface area (Å²) in [6.07, 6.45) is 1.46. The van der Waals surface area contributed by atoms with Crippen LogP contribution >= 0.6 is 0 Å². The molecule has 10 heteroatoms. The molecule has 1 saturated heterocycles. The van der Waals surface area contributed by atoms with Gasteiger partial charge in [-0.3, -0.25) is 9.59 Å². The van der Waals surface area contributed by atoms with Crippen molar-refractivity contribution in [2.45, 2.75) is 6.92 Å². The van der Waals surface area contributed by atoms with E-state index in [4.69, 9.17) is 9.15 Å². The minimum Gasteiger partial charge on any atom is -0.508 e. The molecule has 2 amide bonds. The topological polar surface area (TPSA) is 129 Å². The smallest absolute Gasteiger partial charge is 0.345 e. The fourth-order valence-electron chi connectivity index (χ4n) is 4.28. The molecule has 194 valence electrons. The molecule has 0 unspecified atom stereocenters. The zero-order valence-electron chi connectivity index (χ0n) is 20.7. The number of benzene rings is 2. The Balaban J connectivity index is 1.22. The predicted octanol–water partition coefficient (Wildman–Crippen LogP) is 3.07. The minimum absolute atomic E-state index is 0.156. The first kappa shape index (κ1) is 24.8. The lowest BCUT2D eigenvalue weighted by atomic mass is 10.1. The number of H-pyrrole nitrogens is 1. The third-order valence-corrected chi connectivity index (χ3v) is 6.40. The number of amides is 2. The summed E-state index contributed by atoms with van der Waals surface area (Å²) < 4.78 is 10.9. The molecular formula is C28H26N4O6. The molecule has 3 heterocycles. The molecule has 2 aromatic carbocycles. The van der Waals surface area contributed by atoms with E-state index in [0.717, 1.165) is 5.56 Å². The van der Waals surface area contributed by atoms with Gasteiger partial charge in [-0.25, -0.2) is 4.79 Å². The summed E-state index contributed by atoms with van der Waals surface area (Å²) >= 11 is 0. The number of piperazine rings is 1. The average Bonchev–Trinajstić information content (AvgIpc) is 3.48. The van der Waals surface area contributed by atoms with Crippen molar-refractivity contribution >= 4 is 11.8 Å². The number of carbonyl (C=O) groups excluding carboxylic acids is 2. The van der Waals surface area contributed by atoms with E-state index in [2.05, 4.69) is 9.97 Å². The van der Waals surface area contributed by atoms with Crippen molar-refractivity contribution in [2.75, 3.05) is 32.8 Å². The number of ether oxygens (including phenoxy) is 1. The lowest BCUT2D eigenvalue weighted by molar-refractivity contribution is -0.134. The van der Waals surface area contributed by atoms with Gasteiger partial charge in [-0.1, -0.05) is 12.1 Å². The van der Waals surface area contributed by atoms with Crippen LogP contribution < -0.4 is 10.4 Å². The Labute approximate surface area is 218 Å². The monoisotopic (exact) mass is 514 g/mol. The number of hydrogen-bond donors (Lipinski definition) is 2. The highest BCUT2D eigenvalue weighted by atomic mass is 16.5. The summed E-state index contributed by atoms with van der Waals surface area (Å²) in [4.78, 5) is 47.6. The highest BCUT2D eigenvalue weighted by Gasteiger charge is 2.26. The van der Waals surface area contributed by atoms with Gasteiger partial charge < -0.3 is 29.0 Å². The van der Waals surface area contributed by atoms with Crippen LogP contribution in [0.3, 0.4) is 0 Å². The molecule has 0 radical (unpaired) electrons. The second-order valence-electron chi connectivity index (χ2n) is 8.95. The van der Waals surface area contributed by atoms with Crippen molar-refractivity contribution in [1.82, 2.24) is 19.8 Å². The summed E-state index contributed by atoms with van der Waals surface area (Å²) in [6.45, 7) is 3.27. The van der Waals surface area contributed by atoms with Crippen LogP contribution in [0.15, 0.2) is 76.1 Å². The lowest BCUT2D eigenvalue weighted by Crippen LogP contribution is -2.51. The molecule has 38 heavy (non-hydrogen) atoms. The number of phenolic OH excluding ortho intramolecular Hbond substituents is 1. The number of furan rings is 1. The molecule has 10 nitrogen and oxygen atoms in total. The molecule has 1 aliphatic rings. The number of nitrogens with one attached hydrogen (secondary N) is 1. The Morgan fingerprint density at radius 2 is 1.79 bits per heavy atom. The molecule has 2 N–H and O–H groups in total. The first-order chi connectivity index (χ1) is 18.4. The number of hydrogen-bond acceptors (Lipinski definition) is 7. The Kier molecular flexibility index (Phi) is 6.94. The minimum atomic E-state index is -0.505. The van der Waals surface area contributed by atoms with E-state index < -0.39 is 5.69 Å². The predicted molar refractivity (Wildman–Crippen MR) is 139 cm³/mol. The molecular weight excluding hydrogens is 488 g/mol. The van der Waals surface area contributed by atoms with E-state index in [9.17, 15) is 19.5 Å². The highest BCUT2D eigenvalue weighted by molar-refractivity contribution is 5.91. The first-order valence-electron chi connectivity index (χ1n) is 12.1. The molecule has 5 rings (SSSR count). The molecule has 0 spiro atoms. The SMILES string of the molecule is Cc1cc(-c2cc(-c3cccc(OCC(=O)N4CCN(C(=O)c5ccco5)CC4)c3)nc(=O)[nH]2)ccc1O. The number of rotatable bonds is 6. The summed E-state index contributed by atoms with van der Waals surface area (Å²) in [6, 6.07) is 17.1. The van der Waals surface area contributed by atoms with Gasteiger partial charge in [0.05, 0.1) is 17.7 Å². The van der Waals surface area contributed by atoms with E-state index in [0.29, 0.717) is 54.4 Å². The van der Waals surface area contributed by atoms with Gasteiger partial charge in [0.15, 0.2) is 12.4 Å². The molecule has 0 atom stereocenters. The quantitative estimate of drug-likeness (QED) is 0.405. The van der Waals surface area contributed by atoms with Gasteiger partial charge in [0, 0.05) is 31.7 Å². The van der Waals surface area contributed by atoms with E-state index in [1.165, 1.54) is 6.26 Å². The van der Waals surface area contributed by atoms with Crippen molar-refractivity contribution in [3.63, 3.8) is 0 Å². The van der Waals surface area contributed by atoms with Crippen LogP contribution in [-0.2, 0) is 4.79 Å². The number of carbonyl (C=O) groups is 2. The zero-order chi connectivity index (χ0) is 26.6. The van der Waals surface area contributed by atoms with E-state index in [-0.39, 0.29) is 29.9 Å². The van der Waals surface area contributed by atoms with Crippen LogP contribution in [0.4, 0.5) is 0 Å². The summed E-state index contributed by atoms with van der Waals surface area (Å²) in [5.74, 6) is 0.556. The van der Waals surface area contributed by atoms with Gasteiger partial charge in [0.1, 0.15) is 11.5 Å². The standard InChI is InChI=1S/C28H26N4O6/c1-18-14-20(7-8-24(18)33)23-16-22(29-28(36)30-23)19-4-2-5-21(15-19)38-17-26(34)31-9-11-32(12-10-31)27(35)25-6-3-13-37-25/h2-8,13-16,33H,9-12,17H2,1H3,(H,29,30,36). The molecule has 0 saturated carbocycles. The van der Waals surface area contributed by atoms with Crippen LogP contribution in [-0.4, -0.2) is 69.5 Å². The summed E-state index contributed by atoms with van der Waals surface area (Å²) in [5, 5.41) is 9.81. The number of phenols is 1. The van der Waals surface area contributed by atoms with Gasteiger partial charge in [-0.2, -0.15) is 4.98 Å². The Bertz CT molecular complexity index is 1520. The zero-order valence-corrected chi connectivity index (χ0v) is 20.7. The summed E-state index contributed by atoms with van der Waals surface area (Å²) in [5.41, 5.74) is 2.59. The van der Waals surface area contributed by atoms with Crippen molar-refractivity contribution in [3.8, 4) is 34.0 Å². The van der Waals surface area contributed by atoms with Gasteiger partial charge in [-0.15, -0.1) is 0 Å². The largest absolute Gasteiger partial charge is 0.508 e. The maximum absolute atomic E-state index is 12.7. The molecule has 0 bridgehead atoms. The van der Waals surface area contributed by atoms with Gasteiger partial charge >= 0.3 is 5.69 Å². The number of aryl methyl sites for hydroxylation is 1. The van der Waals surface area contributed by atoms with E-state index in [1.54, 1.807) is 77.4 Å². The third-order valence-electron chi connectivity index (χ3n) is 6.40. The highest BCUT2D eigenvalue weighted by Crippen LogP contribution is 2.27. The van der Waals surface area contributed by atoms with Crippen molar-refractivity contribution < 1.29 is 23.8 Å². The number of aromatic nitrogens is 2. The molecule has 1 fully saturated rings. The van der Waals surface area contributed by atoms with Crippen LogP contribution in [0.2, 0.25) is 0 Å². The third kappa shape index (κ3) is 5.44. The second-order valence-corrected chi connectivity index (χ2v) is 8.95. The lowest BCUT2D eigenvalue weighted by Gasteiger charge is -2.34. The Morgan fingerprint density at radius 3 is 2.53 bits per heavy atom. The van der Waals surface area contributed by atoms with E-state index in [1.807, 2.05) is 0 Å². The second kappa shape index (κ2) is 10.6.